The number of carbonyl (C=O) groups excluding carboxylic acids is 1. The molecular formula is C7H20N2O5. The molecule has 0 heterocycles. The number of hydrogen-bond acceptors (Lipinski definition) is 5. The molecule has 0 fully saturated rings. The van der Waals surface area contributed by atoms with Crippen LogP contribution in [-0.4, -0.2) is 46.7 Å². The maximum Gasteiger partial charge on any atom is 0.0977 e. The predicted molar refractivity (Wildman–Crippen MR) is 44.7 cm³/mol. The van der Waals surface area contributed by atoms with Crippen LogP contribution in [0.5, 0.6) is 0 Å². The summed E-state index contributed by atoms with van der Waals surface area (Å²) in [6.07, 6.45) is -2.33. The summed E-state index contributed by atoms with van der Waals surface area (Å²) in [6.45, 7) is 3.30. The Balaban J connectivity index is -0.000000131. The Bertz CT molecular complexity index is 88.1. The smallest absolute Gasteiger partial charge is 0.0977 e. The average Bonchev–Trinajstić information content (AvgIpc) is 2.07. The zero-order chi connectivity index (χ0) is 11.8. The van der Waals surface area contributed by atoms with Crippen LogP contribution >= 0.6 is 0 Å². The summed E-state index contributed by atoms with van der Waals surface area (Å²) in [7, 11) is 3.34. The van der Waals surface area contributed by atoms with Crippen molar-refractivity contribution in [2.24, 2.45) is 0 Å². The van der Waals surface area contributed by atoms with E-state index in [2.05, 4.69) is 20.9 Å². The minimum atomic E-state index is -2.33. The number of carbonyl (C=O) groups is 1. The van der Waals surface area contributed by atoms with E-state index < -0.39 is 6.16 Å². The Morgan fingerprint density at radius 3 is 1.29 bits per heavy atom. The van der Waals surface area contributed by atoms with Crippen LogP contribution in [0.3, 0.4) is 0 Å². The van der Waals surface area contributed by atoms with Gasteiger partial charge in [0.05, 0.1) is 26.3 Å². The number of carboxylic acid groups (broad SMARTS) is 2. The Hall–Kier alpha value is -0.890. The zero-order valence-corrected chi connectivity index (χ0v) is 8.78. The first-order valence-electron chi connectivity index (χ1n) is 4.01. The minimum absolute atomic E-state index is 0.778. The number of methoxy groups -OCH3 is 2. The molecule has 0 aromatic heterocycles. The molecule has 0 unspecified atom stereocenters. The van der Waals surface area contributed by atoms with Crippen molar-refractivity contribution < 1.29 is 35.9 Å². The summed E-state index contributed by atoms with van der Waals surface area (Å²) >= 11 is 0. The number of hydrogen-bond donors (Lipinski definition) is 2. The first-order valence-corrected chi connectivity index (χ1v) is 4.01. The van der Waals surface area contributed by atoms with Gasteiger partial charge >= 0.3 is 0 Å². The van der Waals surface area contributed by atoms with E-state index >= 15 is 0 Å². The largest absolute Gasteiger partial charge is 0.652 e. The van der Waals surface area contributed by atoms with Crippen molar-refractivity contribution in [2.45, 2.75) is 0 Å². The van der Waals surface area contributed by atoms with Crippen LogP contribution in [0.1, 0.15) is 0 Å². The zero-order valence-electron chi connectivity index (χ0n) is 8.78. The van der Waals surface area contributed by atoms with E-state index in [1.807, 2.05) is 0 Å². The van der Waals surface area contributed by atoms with Gasteiger partial charge in [-0.25, -0.2) is 0 Å². The van der Waals surface area contributed by atoms with E-state index in [-0.39, 0.29) is 0 Å². The van der Waals surface area contributed by atoms with Crippen LogP contribution in [0.25, 0.3) is 0 Å². The van der Waals surface area contributed by atoms with Gasteiger partial charge < -0.3 is 35.9 Å². The fourth-order valence-electron chi connectivity index (χ4n) is 0.289. The molecule has 0 saturated carbocycles. The van der Waals surface area contributed by atoms with Gasteiger partial charge in [0.25, 0.3) is 0 Å². The lowest BCUT2D eigenvalue weighted by Gasteiger charge is -1.96. The molecule has 6 N–H and O–H groups in total. The van der Waals surface area contributed by atoms with E-state index in [4.69, 9.17) is 15.0 Å². The molecule has 0 amide bonds. The van der Waals surface area contributed by atoms with Gasteiger partial charge in [0, 0.05) is 14.2 Å². The molecule has 0 aliphatic rings. The first kappa shape index (κ1) is 18.8. The fraction of sp³-hybridized carbons (Fsp3) is 0.857. The van der Waals surface area contributed by atoms with Gasteiger partial charge in [0.1, 0.15) is 0 Å². The predicted octanol–water partition coefficient (Wildman–Crippen LogP) is -4.70. The molecule has 0 saturated heterocycles. The van der Waals surface area contributed by atoms with Crippen molar-refractivity contribution in [3.05, 3.63) is 0 Å². The normalized spacial score (nSPS) is 7.71. The maximum atomic E-state index is 8.33. The number of rotatable bonds is 4. The summed E-state index contributed by atoms with van der Waals surface area (Å²) in [5.74, 6) is 0. The third kappa shape index (κ3) is 117. The molecule has 0 bridgehead atoms. The fourth-order valence-corrected chi connectivity index (χ4v) is 0.289. The highest BCUT2D eigenvalue weighted by molar-refractivity contribution is 5.47. The van der Waals surface area contributed by atoms with E-state index in [0.29, 0.717) is 0 Å². The van der Waals surface area contributed by atoms with Gasteiger partial charge in [-0.2, -0.15) is 0 Å². The van der Waals surface area contributed by atoms with E-state index in [1.165, 1.54) is 0 Å². The number of ether oxygens (including phenoxy) is 2. The van der Waals surface area contributed by atoms with Crippen LogP contribution in [-0.2, 0) is 9.47 Å². The summed E-state index contributed by atoms with van der Waals surface area (Å²) in [5.41, 5.74) is 7.10. The summed E-state index contributed by atoms with van der Waals surface area (Å²) in [4.78, 5) is 8.33. The second-order valence-corrected chi connectivity index (χ2v) is 1.94. The molecule has 0 aromatic rings. The maximum absolute atomic E-state index is 8.33. The molecule has 14 heavy (non-hydrogen) atoms. The van der Waals surface area contributed by atoms with Gasteiger partial charge in [0.2, 0.25) is 0 Å². The van der Waals surface area contributed by atoms with E-state index in [1.54, 1.807) is 14.2 Å². The molecule has 7 nitrogen and oxygen atoms in total. The van der Waals surface area contributed by atoms with Crippen molar-refractivity contribution in [1.82, 2.24) is 0 Å². The monoisotopic (exact) mass is 212 g/mol. The number of quaternary nitrogens is 2. The molecule has 88 valence electrons. The lowest BCUT2D eigenvalue weighted by atomic mass is 10.7. The SMILES string of the molecule is COCC[NH3+].COCC[NH3+].O=C([O-])[O-]. The average molecular weight is 212 g/mol. The standard InChI is InChI=1S/2C3H9NO.CH2O3/c2*1-5-3-2-4;2-1(3)4/h2*2-4H2,1H3;(H2,2,3,4). The van der Waals surface area contributed by atoms with Crippen molar-refractivity contribution in [3.63, 3.8) is 0 Å². The van der Waals surface area contributed by atoms with Gasteiger partial charge in [-0.15, -0.1) is 0 Å². The molecule has 0 radical (unpaired) electrons. The Morgan fingerprint density at radius 1 is 1.07 bits per heavy atom. The van der Waals surface area contributed by atoms with Crippen LogP contribution in [0.2, 0.25) is 0 Å². The molecule has 0 aliphatic carbocycles. The highest BCUT2D eigenvalue weighted by atomic mass is 16.6. The van der Waals surface area contributed by atoms with Crippen molar-refractivity contribution in [1.29, 1.82) is 0 Å². The Labute approximate surface area is 83.6 Å². The van der Waals surface area contributed by atoms with Crippen molar-refractivity contribution >= 4 is 6.16 Å². The van der Waals surface area contributed by atoms with Crippen molar-refractivity contribution in [3.8, 4) is 0 Å². The van der Waals surface area contributed by atoms with Gasteiger partial charge in [0.15, 0.2) is 0 Å². The lowest BCUT2D eigenvalue weighted by Crippen LogP contribution is -2.52. The molecule has 0 aliphatic heterocycles. The van der Waals surface area contributed by atoms with Crippen molar-refractivity contribution in [2.75, 3.05) is 40.5 Å². The second-order valence-electron chi connectivity index (χ2n) is 1.94. The minimum Gasteiger partial charge on any atom is -0.652 e. The van der Waals surface area contributed by atoms with Gasteiger partial charge in [-0.05, 0) is 6.16 Å². The highest BCUT2D eigenvalue weighted by Crippen LogP contribution is 1.51. The first-order chi connectivity index (χ1) is 6.56. The molecule has 0 atom stereocenters. The van der Waals surface area contributed by atoms with Crippen LogP contribution in [0.15, 0.2) is 0 Å². The van der Waals surface area contributed by atoms with Crippen LogP contribution in [0, 0.1) is 0 Å². The molecule has 0 spiro atoms. The van der Waals surface area contributed by atoms with Gasteiger partial charge in [-0.1, -0.05) is 0 Å². The molecule has 7 heteroatoms. The summed E-state index contributed by atoms with van der Waals surface area (Å²) < 4.78 is 9.26. The molecule has 0 aromatic carbocycles. The quantitative estimate of drug-likeness (QED) is 0.482. The van der Waals surface area contributed by atoms with Gasteiger partial charge in [-0.3, -0.25) is 0 Å². The third-order valence-electron chi connectivity index (χ3n) is 0.697. The summed E-state index contributed by atoms with van der Waals surface area (Å²) in [5, 5.41) is 16.7. The van der Waals surface area contributed by atoms with E-state index in [0.717, 1.165) is 26.3 Å². The Kier molecular flexibility index (Phi) is 30.5. The third-order valence-corrected chi connectivity index (χ3v) is 0.697. The molecule has 0 rings (SSSR count). The van der Waals surface area contributed by atoms with Crippen LogP contribution < -0.4 is 21.7 Å². The second kappa shape index (κ2) is 22.7. The molecular weight excluding hydrogens is 192 g/mol. The topological polar surface area (TPSA) is 137 Å². The van der Waals surface area contributed by atoms with Crippen LogP contribution in [0.4, 0.5) is 4.79 Å². The lowest BCUT2D eigenvalue weighted by molar-refractivity contribution is -0.415. The Morgan fingerprint density at radius 2 is 1.29 bits per heavy atom. The van der Waals surface area contributed by atoms with E-state index in [9.17, 15) is 0 Å². The highest BCUT2D eigenvalue weighted by Gasteiger charge is 1.69. The summed E-state index contributed by atoms with van der Waals surface area (Å²) in [6, 6.07) is 0.